The fourth-order valence-corrected chi connectivity index (χ4v) is 4.35. The van der Waals surface area contributed by atoms with Crippen molar-refractivity contribution in [2.45, 2.75) is 18.7 Å². The summed E-state index contributed by atoms with van der Waals surface area (Å²) in [5.41, 5.74) is 1.24. The number of nitrogens with zero attached hydrogens (tertiary/aromatic N) is 1. The van der Waals surface area contributed by atoms with E-state index < -0.39 is 16.0 Å². The molecule has 154 valence electrons. The molecule has 8 nitrogen and oxygen atoms in total. The maximum Gasteiger partial charge on any atom is 0.343 e. The third-order valence-electron chi connectivity index (χ3n) is 4.40. The van der Waals surface area contributed by atoms with Crippen LogP contribution in [0.1, 0.15) is 22.8 Å². The molecule has 1 N–H and O–H groups in total. The summed E-state index contributed by atoms with van der Waals surface area (Å²) in [5.74, 6) is -0.686. The predicted octanol–water partition coefficient (Wildman–Crippen LogP) is 2.19. The topological polar surface area (TPSA) is 102 Å². The summed E-state index contributed by atoms with van der Waals surface area (Å²) in [4.78, 5) is 23.9. The molecule has 9 heteroatoms. The molecule has 1 saturated heterocycles. The van der Waals surface area contributed by atoms with Crippen LogP contribution in [0.15, 0.2) is 47.4 Å². The van der Waals surface area contributed by atoms with Crippen LogP contribution in [0.2, 0.25) is 0 Å². The highest BCUT2D eigenvalue weighted by Gasteiger charge is 2.27. The number of sulfonamides is 1. The van der Waals surface area contributed by atoms with Crippen LogP contribution in [0, 0.1) is 6.92 Å². The van der Waals surface area contributed by atoms with Gasteiger partial charge in [-0.15, -0.1) is 0 Å². The van der Waals surface area contributed by atoms with E-state index in [0.29, 0.717) is 24.5 Å². The quantitative estimate of drug-likeness (QED) is 0.590. The Morgan fingerprint density at radius 2 is 1.83 bits per heavy atom. The number of nitrogens with one attached hydrogen (secondary N) is 1. The van der Waals surface area contributed by atoms with Gasteiger partial charge in [-0.3, -0.25) is 4.79 Å². The van der Waals surface area contributed by atoms with Gasteiger partial charge < -0.3 is 14.8 Å². The lowest BCUT2D eigenvalue weighted by Crippen LogP contribution is -2.40. The van der Waals surface area contributed by atoms with Crippen LogP contribution >= 0.6 is 0 Å². The average molecular weight is 418 g/mol. The monoisotopic (exact) mass is 418 g/mol. The van der Waals surface area contributed by atoms with Crippen molar-refractivity contribution in [3.8, 4) is 5.75 Å². The number of rotatable bonds is 5. The summed E-state index contributed by atoms with van der Waals surface area (Å²) in [6.07, 6.45) is 0. The molecule has 0 radical (unpaired) electrons. The Morgan fingerprint density at radius 3 is 2.52 bits per heavy atom. The van der Waals surface area contributed by atoms with Gasteiger partial charge in [0.25, 0.3) is 0 Å². The molecule has 2 aromatic carbocycles. The fraction of sp³-hybridized carbons (Fsp3) is 0.300. The molecule has 0 spiro atoms. The molecule has 1 fully saturated rings. The van der Waals surface area contributed by atoms with Crippen molar-refractivity contribution in [2.24, 2.45) is 0 Å². The number of hydrogen-bond acceptors (Lipinski definition) is 6. The van der Waals surface area contributed by atoms with Crippen LogP contribution in [0.25, 0.3) is 0 Å². The van der Waals surface area contributed by atoms with Gasteiger partial charge in [0.1, 0.15) is 5.75 Å². The van der Waals surface area contributed by atoms with Crippen LogP contribution in [0.3, 0.4) is 0 Å². The molecule has 0 atom stereocenters. The molecular formula is C20H22N2O6S. The Labute approximate surface area is 169 Å². The smallest absolute Gasteiger partial charge is 0.343 e. The van der Waals surface area contributed by atoms with Crippen molar-refractivity contribution in [2.75, 3.05) is 31.6 Å². The second-order valence-corrected chi connectivity index (χ2v) is 8.53. The molecule has 1 aliphatic heterocycles. The van der Waals surface area contributed by atoms with Gasteiger partial charge in [-0.2, -0.15) is 4.31 Å². The maximum absolute atomic E-state index is 12.9. The summed E-state index contributed by atoms with van der Waals surface area (Å²) < 4.78 is 37.7. The highest BCUT2D eigenvalue weighted by Crippen LogP contribution is 2.23. The lowest BCUT2D eigenvalue weighted by molar-refractivity contribution is -0.114. The summed E-state index contributed by atoms with van der Waals surface area (Å²) >= 11 is 0. The van der Waals surface area contributed by atoms with E-state index in [1.54, 1.807) is 31.2 Å². The minimum Gasteiger partial charge on any atom is -0.423 e. The average Bonchev–Trinajstić information content (AvgIpc) is 2.68. The van der Waals surface area contributed by atoms with E-state index in [4.69, 9.17) is 9.47 Å². The zero-order chi connectivity index (χ0) is 21.0. The Kier molecular flexibility index (Phi) is 6.31. The Bertz CT molecular complexity index is 1030. The van der Waals surface area contributed by atoms with Gasteiger partial charge in [0.15, 0.2) is 0 Å². The van der Waals surface area contributed by atoms with Crippen LogP contribution in [-0.4, -0.2) is 50.9 Å². The first-order valence-electron chi connectivity index (χ1n) is 9.06. The first kappa shape index (κ1) is 21.0. The molecule has 0 aromatic heterocycles. The molecule has 3 rings (SSSR count). The summed E-state index contributed by atoms with van der Waals surface area (Å²) in [6.45, 7) is 4.30. The molecule has 1 aliphatic rings. The van der Waals surface area contributed by atoms with E-state index >= 15 is 0 Å². The number of amides is 1. The number of benzene rings is 2. The molecule has 0 unspecified atom stereocenters. The van der Waals surface area contributed by atoms with E-state index in [1.165, 1.54) is 29.4 Å². The van der Waals surface area contributed by atoms with Gasteiger partial charge in [-0.05, 0) is 36.8 Å². The third kappa shape index (κ3) is 5.00. The van der Waals surface area contributed by atoms with E-state index in [0.717, 1.165) is 0 Å². The van der Waals surface area contributed by atoms with E-state index in [1.807, 2.05) is 0 Å². The number of ether oxygens (including phenoxy) is 2. The van der Waals surface area contributed by atoms with Gasteiger partial charge in [0.2, 0.25) is 15.9 Å². The molecule has 0 aliphatic carbocycles. The van der Waals surface area contributed by atoms with Crippen LogP contribution < -0.4 is 10.1 Å². The number of aryl methyl sites for hydroxylation is 1. The highest BCUT2D eigenvalue weighted by molar-refractivity contribution is 7.89. The van der Waals surface area contributed by atoms with E-state index in [-0.39, 0.29) is 35.2 Å². The van der Waals surface area contributed by atoms with Gasteiger partial charge in [0.05, 0.1) is 23.7 Å². The van der Waals surface area contributed by atoms with E-state index in [2.05, 4.69) is 5.32 Å². The van der Waals surface area contributed by atoms with E-state index in [9.17, 15) is 18.0 Å². The van der Waals surface area contributed by atoms with Crippen molar-refractivity contribution in [3.63, 3.8) is 0 Å². The van der Waals surface area contributed by atoms with Crippen molar-refractivity contribution >= 4 is 27.6 Å². The minimum atomic E-state index is -3.73. The van der Waals surface area contributed by atoms with Crippen LogP contribution in [0.5, 0.6) is 5.75 Å². The van der Waals surface area contributed by atoms with Crippen LogP contribution in [0.4, 0.5) is 5.69 Å². The molecule has 1 heterocycles. The van der Waals surface area contributed by atoms with Crippen molar-refractivity contribution in [3.05, 3.63) is 53.6 Å². The molecule has 1 amide bonds. The first-order valence-corrected chi connectivity index (χ1v) is 10.5. The maximum atomic E-state index is 12.9. The SMILES string of the molecule is CC(=O)Nc1cccc(OC(=O)c2cc(S(=O)(=O)N3CCOCC3)ccc2C)c1. The number of morpholine rings is 1. The summed E-state index contributed by atoms with van der Waals surface area (Å²) in [5, 5.41) is 2.61. The Balaban J connectivity index is 1.84. The number of anilines is 1. The van der Waals surface area contributed by atoms with Gasteiger partial charge >= 0.3 is 5.97 Å². The number of hydrogen-bond donors (Lipinski definition) is 1. The van der Waals surface area contributed by atoms with Gasteiger partial charge in [0, 0.05) is 31.8 Å². The zero-order valence-electron chi connectivity index (χ0n) is 16.2. The minimum absolute atomic E-state index is 0.0314. The number of carbonyl (C=O) groups excluding carboxylic acids is 2. The third-order valence-corrected chi connectivity index (χ3v) is 6.30. The molecule has 2 aromatic rings. The van der Waals surface area contributed by atoms with Crippen molar-refractivity contribution in [1.29, 1.82) is 0 Å². The lowest BCUT2D eigenvalue weighted by Gasteiger charge is -2.26. The molecule has 29 heavy (non-hydrogen) atoms. The zero-order valence-corrected chi connectivity index (χ0v) is 17.0. The summed E-state index contributed by atoms with van der Waals surface area (Å²) in [6, 6.07) is 10.8. The van der Waals surface area contributed by atoms with Crippen LogP contribution in [-0.2, 0) is 19.6 Å². The second kappa shape index (κ2) is 8.73. The summed E-state index contributed by atoms with van der Waals surface area (Å²) in [7, 11) is -3.73. The number of esters is 1. The van der Waals surface area contributed by atoms with Gasteiger partial charge in [-0.25, -0.2) is 13.2 Å². The Hall–Kier alpha value is -2.75. The van der Waals surface area contributed by atoms with Gasteiger partial charge in [-0.1, -0.05) is 12.1 Å². The first-order chi connectivity index (χ1) is 13.8. The Morgan fingerprint density at radius 1 is 1.10 bits per heavy atom. The molecular weight excluding hydrogens is 396 g/mol. The number of carbonyl (C=O) groups is 2. The predicted molar refractivity (Wildman–Crippen MR) is 106 cm³/mol. The highest BCUT2D eigenvalue weighted by atomic mass is 32.2. The second-order valence-electron chi connectivity index (χ2n) is 6.59. The standard InChI is InChI=1S/C20H22N2O6S/c1-14-6-7-18(29(25,26)22-8-10-27-11-9-22)13-19(14)20(24)28-17-5-3-4-16(12-17)21-15(2)23/h3-7,12-13H,8-11H2,1-2H3,(H,21,23). The molecule has 0 saturated carbocycles. The largest absolute Gasteiger partial charge is 0.423 e. The van der Waals surface area contributed by atoms with Crippen molar-refractivity contribution < 1.29 is 27.5 Å². The normalized spacial score (nSPS) is 15.0. The lowest BCUT2D eigenvalue weighted by atomic mass is 10.1. The van der Waals surface area contributed by atoms with Crippen molar-refractivity contribution in [1.82, 2.24) is 4.31 Å². The fourth-order valence-electron chi connectivity index (χ4n) is 2.92. The molecule has 0 bridgehead atoms.